The Kier molecular flexibility index (Phi) is 4.02. The van der Waals surface area contributed by atoms with Gasteiger partial charge < -0.3 is 5.32 Å². The average molecular weight is 245 g/mol. The molecule has 1 heterocycles. The molecular weight excluding hydrogens is 222 g/mol. The molecule has 2 aromatic rings. The van der Waals surface area contributed by atoms with Gasteiger partial charge in [0, 0.05) is 18.5 Å². The van der Waals surface area contributed by atoms with Crippen molar-refractivity contribution in [2.75, 3.05) is 13.1 Å². The van der Waals surface area contributed by atoms with Crippen molar-refractivity contribution in [2.24, 2.45) is 5.41 Å². The highest BCUT2D eigenvalue weighted by atomic mass is 15.3. The van der Waals surface area contributed by atoms with Crippen LogP contribution in [0.5, 0.6) is 0 Å². The first-order valence-corrected chi connectivity index (χ1v) is 6.74. The average Bonchev–Trinajstić information content (AvgIpc) is 2.72. The van der Waals surface area contributed by atoms with E-state index in [1.807, 2.05) is 6.20 Å². The molecule has 0 atom stereocenters. The molecule has 0 aliphatic heterocycles. The number of para-hydroxylation sites is 1. The maximum absolute atomic E-state index is 4.50. The van der Waals surface area contributed by atoms with Gasteiger partial charge in [0.05, 0.1) is 11.7 Å². The van der Waals surface area contributed by atoms with E-state index in [0.29, 0.717) is 0 Å². The van der Waals surface area contributed by atoms with Crippen molar-refractivity contribution in [3.05, 3.63) is 30.5 Å². The summed E-state index contributed by atoms with van der Waals surface area (Å²) in [6.45, 7) is 9.81. The van der Waals surface area contributed by atoms with E-state index in [2.05, 4.69) is 60.1 Å². The van der Waals surface area contributed by atoms with Crippen LogP contribution in [0.1, 0.15) is 27.2 Å². The number of nitrogens with zero attached hydrogens (tertiary/aromatic N) is 2. The standard InChI is InChI=1S/C15H23N3/c1-4-9-16-11-15(2,3)12-18-14-8-6-5-7-13(14)10-17-18/h5-8,10,16H,4,9,11-12H2,1-3H3. The van der Waals surface area contributed by atoms with E-state index < -0.39 is 0 Å². The third kappa shape index (κ3) is 3.10. The first-order valence-electron chi connectivity index (χ1n) is 6.74. The zero-order valence-electron chi connectivity index (χ0n) is 11.6. The van der Waals surface area contributed by atoms with Crippen LogP contribution in [0.4, 0.5) is 0 Å². The molecule has 98 valence electrons. The van der Waals surface area contributed by atoms with Gasteiger partial charge in [-0.1, -0.05) is 39.0 Å². The van der Waals surface area contributed by atoms with Crippen molar-refractivity contribution in [1.82, 2.24) is 15.1 Å². The van der Waals surface area contributed by atoms with E-state index in [1.54, 1.807) is 0 Å². The highest BCUT2D eigenvalue weighted by molar-refractivity contribution is 5.78. The smallest absolute Gasteiger partial charge is 0.0682 e. The number of hydrogen-bond acceptors (Lipinski definition) is 2. The summed E-state index contributed by atoms with van der Waals surface area (Å²) in [5, 5.41) is 9.21. The normalized spacial score (nSPS) is 12.2. The van der Waals surface area contributed by atoms with Crippen LogP contribution in [0.15, 0.2) is 30.5 Å². The second kappa shape index (κ2) is 5.53. The van der Waals surface area contributed by atoms with E-state index in [-0.39, 0.29) is 5.41 Å². The monoisotopic (exact) mass is 245 g/mol. The maximum atomic E-state index is 4.50. The molecule has 0 aliphatic carbocycles. The van der Waals surface area contributed by atoms with Crippen LogP contribution in [-0.4, -0.2) is 22.9 Å². The third-order valence-corrected chi connectivity index (χ3v) is 3.16. The lowest BCUT2D eigenvalue weighted by molar-refractivity contribution is 0.281. The molecular formula is C15H23N3. The van der Waals surface area contributed by atoms with Gasteiger partial charge in [-0.05, 0) is 24.4 Å². The molecule has 3 heteroatoms. The van der Waals surface area contributed by atoms with E-state index in [9.17, 15) is 0 Å². The summed E-state index contributed by atoms with van der Waals surface area (Å²) in [5.74, 6) is 0. The largest absolute Gasteiger partial charge is 0.316 e. The lowest BCUT2D eigenvalue weighted by Gasteiger charge is -2.25. The summed E-state index contributed by atoms with van der Waals surface area (Å²) < 4.78 is 2.11. The molecule has 18 heavy (non-hydrogen) atoms. The Morgan fingerprint density at radius 3 is 2.83 bits per heavy atom. The van der Waals surface area contributed by atoms with Crippen molar-refractivity contribution < 1.29 is 0 Å². The second-order valence-electron chi connectivity index (χ2n) is 5.70. The Morgan fingerprint density at radius 1 is 1.28 bits per heavy atom. The minimum absolute atomic E-state index is 0.212. The molecule has 3 nitrogen and oxygen atoms in total. The van der Waals surface area contributed by atoms with Gasteiger partial charge in [0.25, 0.3) is 0 Å². The Morgan fingerprint density at radius 2 is 2.06 bits per heavy atom. The molecule has 0 aliphatic rings. The van der Waals surface area contributed by atoms with Gasteiger partial charge in [-0.15, -0.1) is 0 Å². The molecule has 1 N–H and O–H groups in total. The summed E-state index contributed by atoms with van der Waals surface area (Å²) in [6.07, 6.45) is 3.13. The molecule has 0 saturated heterocycles. The lowest BCUT2D eigenvalue weighted by Crippen LogP contribution is -2.33. The minimum Gasteiger partial charge on any atom is -0.316 e. The van der Waals surface area contributed by atoms with Crippen molar-refractivity contribution >= 4 is 10.9 Å². The molecule has 1 aromatic heterocycles. The molecule has 0 spiro atoms. The van der Waals surface area contributed by atoms with Gasteiger partial charge in [-0.3, -0.25) is 4.68 Å². The Balaban J connectivity index is 2.08. The van der Waals surface area contributed by atoms with Crippen molar-refractivity contribution in [2.45, 2.75) is 33.7 Å². The fourth-order valence-corrected chi connectivity index (χ4v) is 2.22. The van der Waals surface area contributed by atoms with Crippen LogP contribution < -0.4 is 5.32 Å². The topological polar surface area (TPSA) is 29.9 Å². The zero-order chi connectivity index (χ0) is 13.0. The van der Waals surface area contributed by atoms with E-state index >= 15 is 0 Å². The van der Waals surface area contributed by atoms with Gasteiger partial charge in [0.2, 0.25) is 0 Å². The van der Waals surface area contributed by atoms with E-state index in [0.717, 1.165) is 19.6 Å². The van der Waals surface area contributed by atoms with Gasteiger partial charge in [0.15, 0.2) is 0 Å². The number of nitrogens with one attached hydrogen (secondary N) is 1. The van der Waals surface area contributed by atoms with Crippen LogP contribution >= 0.6 is 0 Å². The lowest BCUT2D eigenvalue weighted by atomic mass is 9.93. The Labute approximate surface area is 109 Å². The van der Waals surface area contributed by atoms with Gasteiger partial charge in [0.1, 0.15) is 0 Å². The second-order valence-corrected chi connectivity index (χ2v) is 5.70. The van der Waals surface area contributed by atoms with Crippen molar-refractivity contribution in [3.8, 4) is 0 Å². The third-order valence-electron chi connectivity index (χ3n) is 3.16. The van der Waals surface area contributed by atoms with Crippen LogP contribution in [-0.2, 0) is 6.54 Å². The minimum atomic E-state index is 0.212. The van der Waals surface area contributed by atoms with Crippen molar-refractivity contribution in [3.63, 3.8) is 0 Å². The summed E-state index contributed by atoms with van der Waals surface area (Å²) in [4.78, 5) is 0. The van der Waals surface area contributed by atoms with Gasteiger partial charge in [-0.2, -0.15) is 5.10 Å². The van der Waals surface area contributed by atoms with E-state index in [1.165, 1.54) is 17.3 Å². The molecule has 0 amide bonds. The van der Waals surface area contributed by atoms with Gasteiger partial charge >= 0.3 is 0 Å². The molecule has 2 rings (SSSR count). The van der Waals surface area contributed by atoms with Crippen molar-refractivity contribution in [1.29, 1.82) is 0 Å². The first-order chi connectivity index (χ1) is 8.62. The summed E-state index contributed by atoms with van der Waals surface area (Å²) in [7, 11) is 0. The SMILES string of the molecule is CCCNCC(C)(C)Cn1ncc2ccccc21. The van der Waals surface area contributed by atoms with E-state index in [4.69, 9.17) is 0 Å². The van der Waals surface area contributed by atoms with Crippen LogP contribution in [0.25, 0.3) is 10.9 Å². The zero-order valence-corrected chi connectivity index (χ0v) is 11.6. The molecule has 0 unspecified atom stereocenters. The maximum Gasteiger partial charge on any atom is 0.0682 e. The number of benzene rings is 1. The predicted molar refractivity (Wildman–Crippen MR) is 76.7 cm³/mol. The quantitative estimate of drug-likeness (QED) is 0.793. The first kappa shape index (κ1) is 13.1. The summed E-state index contributed by atoms with van der Waals surface area (Å²) >= 11 is 0. The molecule has 0 radical (unpaired) electrons. The number of hydrogen-bond donors (Lipinski definition) is 1. The number of fused-ring (bicyclic) bond motifs is 1. The Bertz CT molecular complexity index is 499. The Hall–Kier alpha value is -1.35. The number of rotatable bonds is 6. The highest BCUT2D eigenvalue weighted by Crippen LogP contribution is 2.20. The highest BCUT2D eigenvalue weighted by Gasteiger charge is 2.19. The van der Waals surface area contributed by atoms with Crippen LogP contribution in [0.2, 0.25) is 0 Å². The van der Waals surface area contributed by atoms with Gasteiger partial charge in [-0.25, -0.2) is 0 Å². The molecule has 0 bridgehead atoms. The fraction of sp³-hybridized carbons (Fsp3) is 0.533. The molecule has 0 saturated carbocycles. The number of aromatic nitrogens is 2. The van der Waals surface area contributed by atoms with Crippen LogP contribution in [0.3, 0.4) is 0 Å². The molecule has 1 aromatic carbocycles. The van der Waals surface area contributed by atoms with Crippen LogP contribution in [0, 0.1) is 5.41 Å². The molecule has 0 fully saturated rings. The summed E-state index contributed by atoms with van der Waals surface area (Å²) in [6, 6.07) is 8.38. The predicted octanol–water partition coefficient (Wildman–Crippen LogP) is 3.06. The summed E-state index contributed by atoms with van der Waals surface area (Å²) in [5.41, 5.74) is 1.44. The fourth-order valence-electron chi connectivity index (χ4n) is 2.22.